The van der Waals surface area contributed by atoms with Gasteiger partial charge in [-0.25, -0.2) is 0 Å². The maximum atomic E-state index is 12.9. The van der Waals surface area contributed by atoms with E-state index in [1.165, 1.54) is 12.8 Å². The lowest BCUT2D eigenvalue weighted by molar-refractivity contribution is 0.0677. The lowest BCUT2D eigenvalue weighted by atomic mass is 10.1. The summed E-state index contributed by atoms with van der Waals surface area (Å²) in [6, 6.07) is 7.38. The van der Waals surface area contributed by atoms with Gasteiger partial charge in [-0.05, 0) is 50.8 Å². The predicted octanol–water partition coefficient (Wildman–Crippen LogP) is 3.43. The topological polar surface area (TPSA) is 40.6 Å². The summed E-state index contributed by atoms with van der Waals surface area (Å²) in [5.74, 6) is 0.527. The Labute approximate surface area is 139 Å². The van der Waals surface area contributed by atoms with Crippen molar-refractivity contribution >= 4 is 11.8 Å². The first-order valence-electron chi connectivity index (χ1n) is 8.60. The Morgan fingerprint density at radius 1 is 1.22 bits per heavy atom. The highest BCUT2D eigenvalue weighted by atomic mass is 16.2. The highest BCUT2D eigenvalue weighted by Crippen LogP contribution is 2.23. The first kappa shape index (κ1) is 17.5. The van der Waals surface area contributed by atoms with Crippen molar-refractivity contribution in [2.45, 2.75) is 46.1 Å². The monoisotopic (exact) mass is 316 g/mol. The van der Waals surface area contributed by atoms with E-state index >= 15 is 0 Å². The number of carbonyl (C=O) groups is 2. The zero-order valence-electron chi connectivity index (χ0n) is 14.7. The SMILES string of the molecule is CCN(C)C(=O)c1cccc(C(=O)N2C[C@H](C)CCC[C@@H]2C)c1. The van der Waals surface area contributed by atoms with Gasteiger partial charge in [0.15, 0.2) is 0 Å². The number of rotatable bonds is 3. The van der Waals surface area contributed by atoms with Crippen molar-refractivity contribution in [2.24, 2.45) is 5.92 Å². The van der Waals surface area contributed by atoms with Crippen molar-refractivity contribution < 1.29 is 9.59 Å². The Morgan fingerprint density at radius 3 is 2.61 bits per heavy atom. The molecule has 2 atom stereocenters. The highest BCUT2D eigenvalue weighted by molar-refractivity contribution is 5.99. The Morgan fingerprint density at radius 2 is 1.91 bits per heavy atom. The van der Waals surface area contributed by atoms with E-state index in [9.17, 15) is 9.59 Å². The molecule has 23 heavy (non-hydrogen) atoms. The molecule has 126 valence electrons. The van der Waals surface area contributed by atoms with E-state index in [0.717, 1.165) is 13.0 Å². The third kappa shape index (κ3) is 4.12. The number of carbonyl (C=O) groups excluding carboxylic acids is 2. The van der Waals surface area contributed by atoms with E-state index in [-0.39, 0.29) is 17.9 Å². The molecule has 1 fully saturated rings. The largest absolute Gasteiger partial charge is 0.342 e. The van der Waals surface area contributed by atoms with Gasteiger partial charge < -0.3 is 9.80 Å². The third-order valence-corrected chi connectivity index (χ3v) is 4.80. The van der Waals surface area contributed by atoms with Crippen LogP contribution in [0.1, 0.15) is 60.7 Å². The highest BCUT2D eigenvalue weighted by Gasteiger charge is 2.26. The van der Waals surface area contributed by atoms with Crippen LogP contribution in [0.4, 0.5) is 0 Å². The van der Waals surface area contributed by atoms with Gasteiger partial charge in [-0.2, -0.15) is 0 Å². The summed E-state index contributed by atoms with van der Waals surface area (Å²) in [7, 11) is 1.77. The first-order chi connectivity index (χ1) is 10.9. The average Bonchev–Trinajstić information content (AvgIpc) is 2.73. The van der Waals surface area contributed by atoms with Crippen LogP contribution in [0.3, 0.4) is 0 Å². The molecule has 2 rings (SSSR count). The fraction of sp³-hybridized carbons (Fsp3) is 0.579. The van der Waals surface area contributed by atoms with E-state index < -0.39 is 0 Å². The van der Waals surface area contributed by atoms with Gasteiger partial charge in [0.1, 0.15) is 0 Å². The van der Waals surface area contributed by atoms with Gasteiger partial charge in [0.05, 0.1) is 0 Å². The summed E-state index contributed by atoms with van der Waals surface area (Å²) >= 11 is 0. The molecule has 1 aliphatic heterocycles. The normalized spacial score (nSPS) is 21.7. The zero-order chi connectivity index (χ0) is 17.0. The molecule has 0 aromatic heterocycles. The molecular weight excluding hydrogens is 288 g/mol. The molecule has 0 spiro atoms. The maximum Gasteiger partial charge on any atom is 0.254 e. The quantitative estimate of drug-likeness (QED) is 0.857. The number of amides is 2. The molecule has 0 radical (unpaired) electrons. The minimum Gasteiger partial charge on any atom is -0.342 e. The van der Waals surface area contributed by atoms with Crippen LogP contribution in [0.25, 0.3) is 0 Å². The Balaban J connectivity index is 2.23. The van der Waals surface area contributed by atoms with Crippen LogP contribution in [0.15, 0.2) is 24.3 Å². The Kier molecular flexibility index (Phi) is 5.80. The van der Waals surface area contributed by atoms with Gasteiger partial charge >= 0.3 is 0 Å². The van der Waals surface area contributed by atoms with E-state index in [1.54, 1.807) is 30.1 Å². The van der Waals surface area contributed by atoms with Gasteiger partial charge in [-0.1, -0.05) is 19.4 Å². The lowest BCUT2D eigenvalue weighted by Gasteiger charge is -2.29. The average molecular weight is 316 g/mol. The molecule has 1 saturated heterocycles. The molecule has 0 aliphatic carbocycles. The van der Waals surface area contributed by atoms with Gasteiger partial charge in [-0.15, -0.1) is 0 Å². The number of nitrogens with zero attached hydrogens (tertiary/aromatic N) is 2. The standard InChI is InChI=1S/C19H28N2O2/c1-5-20(4)18(22)16-10-7-11-17(12-16)19(23)21-13-14(2)8-6-9-15(21)3/h7,10-12,14-15H,5-6,8-9,13H2,1-4H3/t14-,15+/m1/s1. The van der Waals surface area contributed by atoms with Crippen LogP contribution in [0, 0.1) is 5.92 Å². The number of hydrogen-bond donors (Lipinski definition) is 0. The molecule has 1 aromatic carbocycles. The van der Waals surface area contributed by atoms with Gasteiger partial charge in [0.25, 0.3) is 11.8 Å². The van der Waals surface area contributed by atoms with Crippen molar-refractivity contribution in [3.8, 4) is 0 Å². The minimum atomic E-state index is -0.0422. The molecule has 1 aromatic rings. The molecule has 4 nitrogen and oxygen atoms in total. The van der Waals surface area contributed by atoms with Crippen molar-refractivity contribution in [3.63, 3.8) is 0 Å². The molecule has 1 heterocycles. The van der Waals surface area contributed by atoms with Crippen molar-refractivity contribution in [2.75, 3.05) is 20.1 Å². The minimum absolute atomic E-state index is 0.0417. The van der Waals surface area contributed by atoms with Crippen LogP contribution >= 0.6 is 0 Å². The summed E-state index contributed by atoms with van der Waals surface area (Å²) in [6.07, 6.45) is 3.40. The molecule has 1 aliphatic rings. The first-order valence-corrected chi connectivity index (χ1v) is 8.60. The predicted molar refractivity (Wildman–Crippen MR) is 92.6 cm³/mol. The molecule has 0 unspecified atom stereocenters. The lowest BCUT2D eigenvalue weighted by Crippen LogP contribution is -2.40. The molecule has 4 heteroatoms. The van der Waals surface area contributed by atoms with Crippen molar-refractivity contribution in [3.05, 3.63) is 35.4 Å². The van der Waals surface area contributed by atoms with Gasteiger partial charge in [-0.3, -0.25) is 9.59 Å². The van der Waals surface area contributed by atoms with Crippen LogP contribution < -0.4 is 0 Å². The molecule has 0 N–H and O–H groups in total. The van der Waals surface area contributed by atoms with Gasteiger partial charge in [0, 0.05) is 37.3 Å². The van der Waals surface area contributed by atoms with Crippen LogP contribution in [-0.2, 0) is 0 Å². The summed E-state index contributed by atoms with van der Waals surface area (Å²) < 4.78 is 0. The molecule has 2 amide bonds. The van der Waals surface area contributed by atoms with Crippen LogP contribution in [0.2, 0.25) is 0 Å². The Hall–Kier alpha value is -1.84. The second-order valence-electron chi connectivity index (χ2n) is 6.74. The van der Waals surface area contributed by atoms with Crippen molar-refractivity contribution in [1.82, 2.24) is 9.80 Å². The van der Waals surface area contributed by atoms with Gasteiger partial charge in [0.2, 0.25) is 0 Å². The fourth-order valence-electron chi connectivity index (χ4n) is 3.12. The fourth-order valence-corrected chi connectivity index (χ4v) is 3.12. The van der Waals surface area contributed by atoms with E-state index in [0.29, 0.717) is 23.6 Å². The van der Waals surface area contributed by atoms with Crippen LogP contribution in [-0.4, -0.2) is 47.8 Å². The third-order valence-electron chi connectivity index (χ3n) is 4.80. The van der Waals surface area contributed by atoms with Crippen LogP contribution in [0.5, 0.6) is 0 Å². The second-order valence-corrected chi connectivity index (χ2v) is 6.74. The zero-order valence-corrected chi connectivity index (χ0v) is 14.7. The summed E-state index contributed by atoms with van der Waals surface area (Å²) in [4.78, 5) is 28.9. The maximum absolute atomic E-state index is 12.9. The smallest absolute Gasteiger partial charge is 0.254 e. The number of hydrogen-bond acceptors (Lipinski definition) is 2. The molecular formula is C19H28N2O2. The molecule has 0 bridgehead atoms. The van der Waals surface area contributed by atoms with Crippen molar-refractivity contribution in [1.29, 1.82) is 0 Å². The van der Waals surface area contributed by atoms with E-state index in [1.807, 2.05) is 17.9 Å². The second kappa shape index (κ2) is 7.62. The summed E-state index contributed by atoms with van der Waals surface area (Å²) in [6.45, 7) is 7.71. The number of benzene rings is 1. The summed E-state index contributed by atoms with van der Waals surface area (Å²) in [5.41, 5.74) is 1.19. The Bertz CT molecular complexity index is 570. The van der Waals surface area contributed by atoms with E-state index in [4.69, 9.17) is 0 Å². The van der Waals surface area contributed by atoms with E-state index in [2.05, 4.69) is 13.8 Å². The number of likely N-dealkylation sites (tertiary alicyclic amines) is 1. The summed E-state index contributed by atoms with van der Waals surface area (Å²) in [5, 5.41) is 0. The molecule has 0 saturated carbocycles.